The first kappa shape index (κ1) is 11.8. The number of hydrogen-bond donors (Lipinski definition) is 1. The minimum atomic E-state index is -0.0610. The molecule has 0 unspecified atom stereocenters. The number of nitrogens with two attached hydrogens (primary N) is 1. The highest BCUT2D eigenvalue weighted by molar-refractivity contribution is 7.21. The van der Waals surface area contributed by atoms with Gasteiger partial charge in [0.25, 0.3) is 5.91 Å². The molecule has 0 aromatic carbocycles. The van der Waals surface area contributed by atoms with Crippen LogP contribution in [0.15, 0.2) is 12.4 Å². The monoisotopic (exact) mass is 250 g/mol. The molecular weight excluding hydrogens is 236 g/mol. The Kier molecular flexibility index (Phi) is 3.23. The maximum absolute atomic E-state index is 12.1. The number of thiophene rings is 1. The van der Waals surface area contributed by atoms with E-state index in [1.54, 1.807) is 24.3 Å². The molecule has 90 valence electrons. The second kappa shape index (κ2) is 4.67. The fraction of sp³-hybridized carbons (Fsp3) is 0.364. The van der Waals surface area contributed by atoms with Crippen molar-refractivity contribution in [2.24, 2.45) is 0 Å². The summed E-state index contributed by atoms with van der Waals surface area (Å²) in [5, 5.41) is 0. The van der Waals surface area contributed by atoms with Crippen molar-refractivity contribution in [2.45, 2.75) is 13.3 Å². The van der Waals surface area contributed by atoms with Gasteiger partial charge in [-0.25, -0.2) is 9.97 Å². The van der Waals surface area contributed by atoms with Gasteiger partial charge in [0.15, 0.2) is 0 Å². The number of fused-ring (bicyclic) bond motifs is 1. The van der Waals surface area contributed by atoms with Gasteiger partial charge in [0, 0.05) is 26.0 Å². The topological polar surface area (TPSA) is 72.1 Å². The average molecular weight is 250 g/mol. The standard InChI is InChI=1S/C11H14N4OS/c1-3-6-15(2)11(16)9-7(12)8-10(17-9)14-5-4-13-8/h4-5H,3,6,12H2,1-2H3. The van der Waals surface area contributed by atoms with Crippen molar-refractivity contribution in [3.05, 3.63) is 17.3 Å². The molecule has 0 aliphatic carbocycles. The van der Waals surface area contributed by atoms with Crippen LogP contribution in [0.1, 0.15) is 23.0 Å². The third-order valence-corrected chi connectivity index (χ3v) is 3.55. The van der Waals surface area contributed by atoms with E-state index < -0.39 is 0 Å². The number of anilines is 1. The Morgan fingerprint density at radius 2 is 2.18 bits per heavy atom. The molecule has 1 amide bonds. The fourth-order valence-electron chi connectivity index (χ4n) is 1.61. The highest BCUT2D eigenvalue weighted by Crippen LogP contribution is 2.31. The number of aromatic nitrogens is 2. The molecule has 0 saturated carbocycles. The summed E-state index contributed by atoms with van der Waals surface area (Å²) in [4.78, 5) is 23.3. The highest BCUT2D eigenvalue weighted by atomic mass is 32.1. The summed E-state index contributed by atoms with van der Waals surface area (Å²) in [6.45, 7) is 2.74. The van der Waals surface area contributed by atoms with Crippen molar-refractivity contribution in [1.82, 2.24) is 14.9 Å². The Hall–Kier alpha value is -1.69. The summed E-state index contributed by atoms with van der Waals surface area (Å²) in [7, 11) is 1.77. The lowest BCUT2D eigenvalue weighted by Crippen LogP contribution is -2.27. The molecule has 0 atom stereocenters. The summed E-state index contributed by atoms with van der Waals surface area (Å²) in [5.41, 5.74) is 6.99. The predicted octanol–water partition coefficient (Wildman–Crippen LogP) is 1.76. The second-order valence-corrected chi connectivity index (χ2v) is 4.78. The van der Waals surface area contributed by atoms with Crippen LogP contribution in [0.2, 0.25) is 0 Å². The molecular formula is C11H14N4OS. The third kappa shape index (κ3) is 2.08. The number of hydrogen-bond acceptors (Lipinski definition) is 5. The number of nitrogens with zero attached hydrogens (tertiary/aromatic N) is 3. The van der Waals surface area contributed by atoms with Gasteiger partial charge in [-0.2, -0.15) is 0 Å². The molecule has 2 heterocycles. The van der Waals surface area contributed by atoms with E-state index in [0.29, 0.717) is 27.5 Å². The molecule has 17 heavy (non-hydrogen) atoms. The Morgan fingerprint density at radius 1 is 1.47 bits per heavy atom. The zero-order chi connectivity index (χ0) is 12.4. The van der Waals surface area contributed by atoms with Gasteiger partial charge in [-0.05, 0) is 6.42 Å². The molecule has 0 aliphatic rings. The van der Waals surface area contributed by atoms with Gasteiger partial charge < -0.3 is 10.6 Å². The van der Waals surface area contributed by atoms with Crippen LogP contribution >= 0.6 is 11.3 Å². The van der Waals surface area contributed by atoms with E-state index in [9.17, 15) is 4.79 Å². The molecule has 2 rings (SSSR count). The van der Waals surface area contributed by atoms with E-state index in [2.05, 4.69) is 9.97 Å². The lowest BCUT2D eigenvalue weighted by atomic mass is 10.3. The molecule has 2 N–H and O–H groups in total. The Bertz CT molecular complexity index is 551. The molecule has 5 nitrogen and oxygen atoms in total. The van der Waals surface area contributed by atoms with Crippen molar-refractivity contribution < 1.29 is 4.79 Å². The number of nitrogen functional groups attached to an aromatic ring is 1. The lowest BCUT2D eigenvalue weighted by Gasteiger charge is -2.14. The third-order valence-electron chi connectivity index (χ3n) is 2.46. The van der Waals surface area contributed by atoms with E-state index >= 15 is 0 Å². The van der Waals surface area contributed by atoms with Gasteiger partial charge in [0.05, 0.1) is 5.69 Å². The first-order valence-electron chi connectivity index (χ1n) is 5.39. The number of carbonyl (C=O) groups excluding carboxylic acids is 1. The number of rotatable bonds is 3. The molecule has 6 heteroatoms. The largest absolute Gasteiger partial charge is 0.396 e. The molecule has 0 fully saturated rings. The predicted molar refractivity (Wildman–Crippen MR) is 69.1 cm³/mol. The fourth-order valence-corrected chi connectivity index (χ4v) is 2.63. The van der Waals surface area contributed by atoms with Crippen LogP contribution in [0.4, 0.5) is 5.69 Å². The molecule has 0 bridgehead atoms. The van der Waals surface area contributed by atoms with Gasteiger partial charge in [-0.15, -0.1) is 11.3 Å². The van der Waals surface area contributed by atoms with Crippen molar-refractivity contribution in [2.75, 3.05) is 19.3 Å². The van der Waals surface area contributed by atoms with Gasteiger partial charge >= 0.3 is 0 Å². The van der Waals surface area contributed by atoms with Gasteiger partial charge in [0.1, 0.15) is 15.2 Å². The Labute approximate surface area is 103 Å². The molecule has 0 spiro atoms. The quantitative estimate of drug-likeness (QED) is 0.900. The lowest BCUT2D eigenvalue weighted by molar-refractivity contribution is 0.0801. The summed E-state index contributed by atoms with van der Waals surface area (Å²) >= 11 is 1.30. The summed E-state index contributed by atoms with van der Waals surface area (Å²) in [6, 6.07) is 0. The number of amides is 1. The van der Waals surface area contributed by atoms with Crippen LogP contribution in [0.5, 0.6) is 0 Å². The minimum Gasteiger partial charge on any atom is -0.396 e. The highest BCUT2D eigenvalue weighted by Gasteiger charge is 2.20. The van der Waals surface area contributed by atoms with Crippen LogP contribution in [-0.4, -0.2) is 34.4 Å². The molecule has 0 aliphatic heterocycles. The smallest absolute Gasteiger partial charge is 0.265 e. The van der Waals surface area contributed by atoms with Gasteiger partial charge in [-0.1, -0.05) is 6.92 Å². The maximum Gasteiger partial charge on any atom is 0.265 e. The first-order chi connectivity index (χ1) is 8.15. The van der Waals surface area contributed by atoms with E-state index in [1.807, 2.05) is 6.92 Å². The van der Waals surface area contributed by atoms with Crippen LogP contribution in [0.3, 0.4) is 0 Å². The van der Waals surface area contributed by atoms with E-state index in [1.165, 1.54) is 11.3 Å². The maximum atomic E-state index is 12.1. The molecule has 2 aromatic rings. The second-order valence-electron chi connectivity index (χ2n) is 3.78. The van der Waals surface area contributed by atoms with Crippen molar-refractivity contribution in [3.8, 4) is 0 Å². The SMILES string of the molecule is CCCN(C)C(=O)c1sc2nccnc2c1N. The van der Waals surface area contributed by atoms with E-state index in [0.717, 1.165) is 6.42 Å². The molecule has 2 aromatic heterocycles. The Morgan fingerprint density at radius 3 is 2.82 bits per heavy atom. The Balaban J connectivity index is 2.42. The molecule has 0 saturated heterocycles. The van der Waals surface area contributed by atoms with Crippen LogP contribution in [0.25, 0.3) is 10.3 Å². The zero-order valence-electron chi connectivity index (χ0n) is 9.80. The van der Waals surface area contributed by atoms with Gasteiger partial charge in [-0.3, -0.25) is 4.79 Å². The van der Waals surface area contributed by atoms with Crippen LogP contribution in [0, 0.1) is 0 Å². The average Bonchev–Trinajstić information content (AvgIpc) is 2.67. The molecule has 0 radical (unpaired) electrons. The first-order valence-corrected chi connectivity index (χ1v) is 6.21. The normalized spacial score (nSPS) is 10.7. The minimum absolute atomic E-state index is 0.0610. The van der Waals surface area contributed by atoms with Gasteiger partial charge in [0.2, 0.25) is 0 Å². The van der Waals surface area contributed by atoms with Crippen LogP contribution in [-0.2, 0) is 0 Å². The van der Waals surface area contributed by atoms with Crippen molar-refractivity contribution in [3.63, 3.8) is 0 Å². The van der Waals surface area contributed by atoms with Crippen molar-refractivity contribution >= 4 is 33.3 Å². The number of carbonyl (C=O) groups is 1. The van der Waals surface area contributed by atoms with Crippen LogP contribution < -0.4 is 5.73 Å². The zero-order valence-corrected chi connectivity index (χ0v) is 10.6. The van der Waals surface area contributed by atoms with Crippen molar-refractivity contribution in [1.29, 1.82) is 0 Å². The summed E-state index contributed by atoms with van der Waals surface area (Å²) < 4.78 is 0. The van der Waals surface area contributed by atoms with E-state index in [4.69, 9.17) is 5.73 Å². The van der Waals surface area contributed by atoms with E-state index in [-0.39, 0.29) is 5.91 Å². The summed E-state index contributed by atoms with van der Waals surface area (Å²) in [5.74, 6) is -0.0610. The summed E-state index contributed by atoms with van der Waals surface area (Å²) in [6.07, 6.45) is 4.10.